The van der Waals surface area contributed by atoms with Gasteiger partial charge in [-0.2, -0.15) is 5.48 Å². The summed E-state index contributed by atoms with van der Waals surface area (Å²) in [6, 6.07) is 0. The lowest BCUT2D eigenvalue weighted by Crippen LogP contribution is -2.23. The molecule has 0 atom stereocenters. The monoisotopic (exact) mass is 172 g/mol. The molecule has 4 nitrogen and oxygen atoms in total. The van der Waals surface area contributed by atoms with Gasteiger partial charge in [0.05, 0.1) is 0 Å². The summed E-state index contributed by atoms with van der Waals surface area (Å²) in [5.41, 5.74) is 2.54. The van der Waals surface area contributed by atoms with Crippen LogP contribution in [0.4, 0.5) is 0 Å². The zero-order chi connectivity index (χ0) is 9.40. The number of carbonyl (C=O) groups excluding carboxylic acids is 1. The SMILES string of the molecule is C=CC(=O)ONCCCN(C)C. The van der Waals surface area contributed by atoms with Crippen molar-refractivity contribution < 1.29 is 9.63 Å². The van der Waals surface area contributed by atoms with Gasteiger partial charge in [-0.25, -0.2) is 4.79 Å². The summed E-state index contributed by atoms with van der Waals surface area (Å²) in [5.74, 6) is -0.445. The molecule has 0 aliphatic carbocycles. The Kier molecular flexibility index (Phi) is 6.32. The summed E-state index contributed by atoms with van der Waals surface area (Å²) in [5, 5.41) is 0. The van der Waals surface area contributed by atoms with Crippen LogP contribution >= 0.6 is 0 Å². The van der Waals surface area contributed by atoms with Crippen LogP contribution in [-0.4, -0.2) is 38.1 Å². The van der Waals surface area contributed by atoms with Crippen molar-refractivity contribution in [3.8, 4) is 0 Å². The van der Waals surface area contributed by atoms with E-state index in [1.54, 1.807) is 0 Å². The third-order valence-electron chi connectivity index (χ3n) is 1.22. The topological polar surface area (TPSA) is 41.6 Å². The molecule has 0 spiro atoms. The Balaban J connectivity index is 3.11. The highest BCUT2D eigenvalue weighted by Gasteiger charge is 1.94. The molecular formula is C8H16N2O2. The van der Waals surface area contributed by atoms with Gasteiger partial charge in [0.2, 0.25) is 0 Å². The predicted molar refractivity (Wildman–Crippen MR) is 47.5 cm³/mol. The van der Waals surface area contributed by atoms with Crippen molar-refractivity contribution in [2.24, 2.45) is 0 Å². The molecule has 1 N–H and O–H groups in total. The van der Waals surface area contributed by atoms with Gasteiger partial charge in [0.1, 0.15) is 0 Å². The molecule has 0 fully saturated rings. The number of hydroxylamine groups is 1. The Morgan fingerprint density at radius 1 is 1.67 bits per heavy atom. The van der Waals surface area contributed by atoms with Crippen LogP contribution in [-0.2, 0) is 9.63 Å². The lowest BCUT2D eigenvalue weighted by atomic mass is 10.4. The Labute approximate surface area is 73.1 Å². The molecule has 0 radical (unpaired) electrons. The van der Waals surface area contributed by atoms with Gasteiger partial charge < -0.3 is 9.74 Å². The minimum Gasteiger partial charge on any atom is -0.367 e. The lowest BCUT2D eigenvalue weighted by Gasteiger charge is -2.08. The van der Waals surface area contributed by atoms with Crippen LogP contribution in [0, 0.1) is 0 Å². The van der Waals surface area contributed by atoms with E-state index in [1.807, 2.05) is 14.1 Å². The quantitative estimate of drug-likeness (QED) is 0.352. The molecule has 0 heterocycles. The van der Waals surface area contributed by atoms with Crippen LogP contribution in [0.25, 0.3) is 0 Å². The van der Waals surface area contributed by atoms with Crippen molar-refractivity contribution in [1.29, 1.82) is 0 Å². The van der Waals surface area contributed by atoms with E-state index in [4.69, 9.17) is 0 Å². The molecule has 0 amide bonds. The zero-order valence-corrected chi connectivity index (χ0v) is 7.67. The zero-order valence-electron chi connectivity index (χ0n) is 7.67. The van der Waals surface area contributed by atoms with Gasteiger partial charge in [-0.3, -0.25) is 0 Å². The number of nitrogens with zero attached hydrogens (tertiary/aromatic N) is 1. The smallest absolute Gasteiger partial charge is 0.348 e. The number of hydrogen-bond acceptors (Lipinski definition) is 4. The van der Waals surface area contributed by atoms with E-state index in [9.17, 15) is 4.79 Å². The number of nitrogens with one attached hydrogen (secondary N) is 1. The van der Waals surface area contributed by atoms with Gasteiger partial charge in [-0.05, 0) is 27.1 Å². The Bertz CT molecular complexity index is 146. The van der Waals surface area contributed by atoms with Crippen LogP contribution in [0.5, 0.6) is 0 Å². The summed E-state index contributed by atoms with van der Waals surface area (Å²) in [4.78, 5) is 17.1. The van der Waals surface area contributed by atoms with Crippen molar-refractivity contribution in [2.45, 2.75) is 6.42 Å². The maximum atomic E-state index is 10.5. The van der Waals surface area contributed by atoms with E-state index >= 15 is 0 Å². The first-order valence-corrected chi connectivity index (χ1v) is 3.87. The van der Waals surface area contributed by atoms with E-state index in [2.05, 4.69) is 21.8 Å². The van der Waals surface area contributed by atoms with Crippen molar-refractivity contribution >= 4 is 5.97 Å². The van der Waals surface area contributed by atoms with Crippen LogP contribution in [0.15, 0.2) is 12.7 Å². The normalized spacial score (nSPS) is 9.92. The number of rotatable bonds is 6. The average Bonchev–Trinajstić information content (AvgIpc) is 2.03. The molecule has 0 rings (SSSR count). The van der Waals surface area contributed by atoms with Crippen molar-refractivity contribution in [2.75, 3.05) is 27.2 Å². The maximum absolute atomic E-state index is 10.5. The summed E-state index contributed by atoms with van der Waals surface area (Å²) in [7, 11) is 3.99. The minimum atomic E-state index is -0.445. The molecule has 4 heteroatoms. The number of carbonyl (C=O) groups is 1. The first-order chi connectivity index (χ1) is 5.66. The Hall–Kier alpha value is -0.870. The van der Waals surface area contributed by atoms with Crippen LogP contribution in [0.3, 0.4) is 0 Å². The molecule has 0 aliphatic rings. The fourth-order valence-corrected chi connectivity index (χ4v) is 0.631. The maximum Gasteiger partial charge on any atom is 0.348 e. The molecule has 0 aromatic rings. The molecule has 12 heavy (non-hydrogen) atoms. The second-order valence-corrected chi connectivity index (χ2v) is 2.68. The van der Waals surface area contributed by atoms with Crippen LogP contribution < -0.4 is 5.48 Å². The van der Waals surface area contributed by atoms with Gasteiger partial charge in [-0.15, -0.1) is 0 Å². The van der Waals surface area contributed by atoms with Crippen molar-refractivity contribution in [3.63, 3.8) is 0 Å². The molecule has 0 saturated heterocycles. The van der Waals surface area contributed by atoms with Gasteiger partial charge in [-0.1, -0.05) is 6.58 Å². The molecule has 0 aromatic carbocycles. The lowest BCUT2D eigenvalue weighted by molar-refractivity contribution is -0.144. The van der Waals surface area contributed by atoms with Gasteiger partial charge >= 0.3 is 5.97 Å². The molecule has 0 aromatic heterocycles. The Morgan fingerprint density at radius 2 is 2.33 bits per heavy atom. The van der Waals surface area contributed by atoms with Crippen LogP contribution in [0.1, 0.15) is 6.42 Å². The van der Waals surface area contributed by atoms with Gasteiger partial charge in [0, 0.05) is 12.6 Å². The van der Waals surface area contributed by atoms with E-state index < -0.39 is 5.97 Å². The first-order valence-electron chi connectivity index (χ1n) is 3.87. The summed E-state index contributed by atoms with van der Waals surface area (Å²) in [6.07, 6.45) is 2.07. The van der Waals surface area contributed by atoms with E-state index in [-0.39, 0.29) is 0 Å². The first kappa shape index (κ1) is 11.1. The molecule has 70 valence electrons. The minimum absolute atomic E-state index is 0.445. The van der Waals surface area contributed by atoms with Crippen LogP contribution in [0.2, 0.25) is 0 Å². The van der Waals surface area contributed by atoms with Crippen molar-refractivity contribution in [1.82, 2.24) is 10.4 Å². The fourth-order valence-electron chi connectivity index (χ4n) is 0.631. The molecule has 0 unspecified atom stereocenters. The molecule has 0 saturated carbocycles. The second kappa shape index (κ2) is 6.82. The fraction of sp³-hybridized carbons (Fsp3) is 0.625. The second-order valence-electron chi connectivity index (χ2n) is 2.68. The van der Waals surface area contributed by atoms with E-state index in [0.717, 1.165) is 19.0 Å². The average molecular weight is 172 g/mol. The van der Waals surface area contributed by atoms with E-state index in [1.165, 1.54) is 0 Å². The summed E-state index contributed by atoms with van der Waals surface area (Å²) >= 11 is 0. The summed E-state index contributed by atoms with van der Waals surface area (Å²) < 4.78 is 0. The molecule has 0 aliphatic heterocycles. The largest absolute Gasteiger partial charge is 0.367 e. The van der Waals surface area contributed by atoms with E-state index in [0.29, 0.717) is 6.54 Å². The van der Waals surface area contributed by atoms with Gasteiger partial charge in [0.25, 0.3) is 0 Å². The highest BCUT2D eigenvalue weighted by Crippen LogP contribution is 1.81. The third kappa shape index (κ3) is 7.24. The highest BCUT2D eigenvalue weighted by atomic mass is 16.7. The van der Waals surface area contributed by atoms with Crippen molar-refractivity contribution in [3.05, 3.63) is 12.7 Å². The third-order valence-corrected chi connectivity index (χ3v) is 1.22. The van der Waals surface area contributed by atoms with Gasteiger partial charge in [0.15, 0.2) is 0 Å². The standard InChI is InChI=1S/C8H16N2O2/c1-4-8(11)12-9-6-5-7-10(2)3/h4,9H,1,5-7H2,2-3H3. The summed E-state index contributed by atoms with van der Waals surface area (Å²) in [6.45, 7) is 4.90. The number of hydrogen-bond donors (Lipinski definition) is 1. The molecular weight excluding hydrogens is 156 g/mol. The predicted octanol–water partition coefficient (Wildman–Crippen LogP) is 0.172. The Morgan fingerprint density at radius 3 is 2.83 bits per heavy atom. The molecule has 0 bridgehead atoms. The highest BCUT2D eigenvalue weighted by molar-refractivity contribution is 5.80.